The second-order valence-corrected chi connectivity index (χ2v) is 16.3. The summed E-state index contributed by atoms with van der Waals surface area (Å²) in [7, 11) is 0. The van der Waals surface area contributed by atoms with Crippen molar-refractivity contribution in [2.75, 3.05) is 0 Å². The highest BCUT2D eigenvalue weighted by atomic mass is 16.5. The molecule has 5 rings (SSSR count). The molecule has 0 aromatic rings. The Morgan fingerprint density at radius 3 is 2.17 bits per heavy atom. The molecule has 5 aliphatic carbocycles. The number of aliphatic carboxylic acids is 2. The summed E-state index contributed by atoms with van der Waals surface area (Å²) in [6, 6.07) is 0. The number of esters is 1. The van der Waals surface area contributed by atoms with E-state index in [9.17, 15) is 24.3 Å². The summed E-state index contributed by atoms with van der Waals surface area (Å²) >= 11 is 0. The Balaban J connectivity index is 1.49. The second kappa shape index (κ2) is 9.41. The number of carboxylic acids is 2. The molecule has 4 fully saturated rings. The Bertz CT molecular complexity index is 1200. The molecule has 0 bridgehead atoms. The van der Waals surface area contributed by atoms with Gasteiger partial charge in [-0.25, -0.2) is 0 Å². The van der Waals surface area contributed by atoms with Crippen molar-refractivity contribution in [1.82, 2.24) is 0 Å². The van der Waals surface area contributed by atoms with Crippen LogP contribution in [0, 0.1) is 50.2 Å². The van der Waals surface area contributed by atoms with Crippen LogP contribution >= 0.6 is 0 Å². The predicted molar refractivity (Wildman–Crippen MR) is 154 cm³/mol. The van der Waals surface area contributed by atoms with Crippen molar-refractivity contribution in [1.29, 1.82) is 0 Å². The van der Waals surface area contributed by atoms with Crippen LogP contribution in [-0.2, 0) is 23.9 Å². The zero-order valence-corrected chi connectivity index (χ0v) is 26.1. The molecule has 228 valence electrons. The molecule has 0 aromatic carbocycles. The van der Waals surface area contributed by atoms with Crippen molar-refractivity contribution in [3.63, 3.8) is 0 Å². The van der Waals surface area contributed by atoms with Crippen LogP contribution in [0.4, 0.5) is 0 Å². The van der Waals surface area contributed by atoms with Gasteiger partial charge in [0.05, 0.1) is 18.3 Å². The molecule has 0 aromatic heterocycles. The number of allylic oxidation sites excluding steroid dienone is 2. The largest absolute Gasteiger partial charge is 0.481 e. The molecule has 9 atom stereocenters. The predicted octanol–water partition coefficient (Wildman–Crippen LogP) is 6.83. The molecule has 0 saturated heterocycles. The molecule has 1 unspecified atom stereocenters. The summed E-state index contributed by atoms with van der Waals surface area (Å²) < 4.78 is 5.91. The van der Waals surface area contributed by atoms with Crippen LogP contribution in [0.5, 0.6) is 0 Å². The monoisotopic (exact) mass is 570 g/mol. The molecule has 41 heavy (non-hydrogen) atoms. The Hall–Kier alpha value is -2.18. The molecule has 0 aliphatic heterocycles. The molecule has 0 spiro atoms. The molecular formula is C34H50O7. The van der Waals surface area contributed by atoms with Crippen LogP contribution in [0.25, 0.3) is 0 Å². The van der Waals surface area contributed by atoms with Gasteiger partial charge in [0.2, 0.25) is 0 Å². The quantitative estimate of drug-likeness (QED) is 0.348. The van der Waals surface area contributed by atoms with Gasteiger partial charge in [-0.1, -0.05) is 47.1 Å². The van der Waals surface area contributed by atoms with E-state index < -0.39 is 23.3 Å². The lowest BCUT2D eigenvalue weighted by Crippen LogP contribution is -2.66. The van der Waals surface area contributed by atoms with E-state index in [0.717, 1.165) is 38.5 Å². The van der Waals surface area contributed by atoms with Crippen molar-refractivity contribution in [2.24, 2.45) is 50.2 Å². The van der Waals surface area contributed by atoms with E-state index in [1.807, 2.05) is 13.0 Å². The minimum absolute atomic E-state index is 0.0233. The summed E-state index contributed by atoms with van der Waals surface area (Å²) in [5.74, 6) is -1.87. The van der Waals surface area contributed by atoms with Crippen molar-refractivity contribution >= 4 is 23.7 Å². The molecule has 7 heteroatoms. The number of rotatable bonds is 5. The first-order valence-electron chi connectivity index (χ1n) is 15.7. The van der Waals surface area contributed by atoms with Crippen molar-refractivity contribution < 1.29 is 34.1 Å². The van der Waals surface area contributed by atoms with Crippen LogP contribution in [0.3, 0.4) is 0 Å². The average molecular weight is 571 g/mol. The van der Waals surface area contributed by atoms with Crippen LogP contribution < -0.4 is 0 Å². The van der Waals surface area contributed by atoms with Crippen LogP contribution in [0.15, 0.2) is 11.6 Å². The fourth-order valence-corrected chi connectivity index (χ4v) is 11.0. The number of carbonyl (C=O) groups is 4. The maximum absolute atomic E-state index is 14.5. The van der Waals surface area contributed by atoms with Crippen LogP contribution in [0.1, 0.15) is 119 Å². The first kappa shape index (κ1) is 30.3. The van der Waals surface area contributed by atoms with E-state index in [-0.39, 0.29) is 69.6 Å². The second-order valence-electron chi connectivity index (χ2n) is 16.3. The van der Waals surface area contributed by atoms with Gasteiger partial charge in [0, 0.05) is 11.3 Å². The van der Waals surface area contributed by atoms with Gasteiger partial charge in [-0.05, 0) is 104 Å². The number of carboxylic acid groups (broad SMARTS) is 2. The minimum Gasteiger partial charge on any atom is -0.481 e. The third-order valence-electron chi connectivity index (χ3n) is 13.8. The normalized spacial score (nSPS) is 46.6. The van der Waals surface area contributed by atoms with Gasteiger partial charge in [0.25, 0.3) is 0 Å². The standard InChI is InChI=1S/C34H50O7/c1-29(2)23-10-13-34(7)27(32(23,5)12-11-24(29)41-26(38)9-8-25(36)37)22(35)18-20-21-19-31(4,28(39)40)15-14-30(21,3)16-17-33(20,34)6/h18,21,23-24,27H,8-17,19H2,1-7H3,(H,36,37)(H,39,40)/t21-,23-,24-,27?,30+,31-,32-,33-,34+/m0/s1. The number of hydrogen-bond acceptors (Lipinski definition) is 5. The summed E-state index contributed by atoms with van der Waals surface area (Å²) in [6.45, 7) is 15.5. The molecule has 7 nitrogen and oxygen atoms in total. The number of carbonyl (C=O) groups excluding carboxylic acids is 2. The third-order valence-corrected chi connectivity index (χ3v) is 13.8. The zero-order valence-electron chi connectivity index (χ0n) is 26.1. The molecule has 2 N–H and O–H groups in total. The Morgan fingerprint density at radius 1 is 0.878 bits per heavy atom. The average Bonchev–Trinajstić information content (AvgIpc) is 2.86. The van der Waals surface area contributed by atoms with Gasteiger partial charge in [-0.3, -0.25) is 19.2 Å². The molecule has 0 amide bonds. The van der Waals surface area contributed by atoms with Gasteiger partial charge in [-0.15, -0.1) is 0 Å². The molecule has 5 aliphatic rings. The summed E-state index contributed by atoms with van der Waals surface area (Å²) in [4.78, 5) is 50.3. The van der Waals surface area contributed by atoms with E-state index in [0.29, 0.717) is 19.3 Å². The van der Waals surface area contributed by atoms with Crippen LogP contribution in [0.2, 0.25) is 0 Å². The first-order valence-corrected chi connectivity index (χ1v) is 15.7. The highest BCUT2D eigenvalue weighted by Gasteiger charge is 2.70. The molecule has 0 heterocycles. The van der Waals surface area contributed by atoms with E-state index in [1.54, 1.807) is 0 Å². The first-order chi connectivity index (χ1) is 18.8. The van der Waals surface area contributed by atoms with Crippen molar-refractivity contribution in [3.8, 4) is 0 Å². The maximum atomic E-state index is 14.5. The molecular weight excluding hydrogens is 520 g/mol. The number of ether oxygens (including phenoxy) is 1. The maximum Gasteiger partial charge on any atom is 0.309 e. The lowest BCUT2D eigenvalue weighted by molar-refractivity contribution is -0.211. The van der Waals surface area contributed by atoms with Gasteiger partial charge < -0.3 is 14.9 Å². The smallest absolute Gasteiger partial charge is 0.309 e. The fraction of sp³-hybridized carbons (Fsp3) is 0.824. The van der Waals surface area contributed by atoms with E-state index in [1.165, 1.54) is 5.57 Å². The van der Waals surface area contributed by atoms with Crippen molar-refractivity contribution in [2.45, 2.75) is 125 Å². The SMILES string of the molecule is CC1(C)[C@@H](OC(=O)CCC(=O)O)CC[C@]2(C)C3C(=O)C=C4[C@@H]5C[C@@](C)(C(=O)O)CC[C@]5(C)CC[C@]4(C)[C@]3(C)CC[C@@H]12. The van der Waals surface area contributed by atoms with Gasteiger partial charge >= 0.3 is 17.9 Å². The summed E-state index contributed by atoms with van der Waals surface area (Å²) in [6.07, 6.45) is 8.80. The molecule has 0 radical (unpaired) electrons. The highest BCUT2D eigenvalue weighted by Crippen LogP contribution is 2.75. The van der Waals surface area contributed by atoms with Crippen LogP contribution in [-0.4, -0.2) is 40.0 Å². The molecule has 4 saturated carbocycles. The Morgan fingerprint density at radius 2 is 1.54 bits per heavy atom. The topological polar surface area (TPSA) is 118 Å². The van der Waals surface area contributed by atoms with Gasteiger partial charge in [0.15, 0.2) is 5.78 Å². The summed E-state index contributed by atoms with van der Waals surface area (Å²) in [5, 5.41) is 19.1. The van der Waals surface area contributed by atoms with Crippen molar-refractivity contribution in [3.05, 3.63) is 11.6 Å². The number of ketones is 1. The van der Waals surface area contributed by atoms with Gasteiger partial charge in [-0.2, -0.15) is 0 Å². The Labute approximate surface area is 244 Å². The number of hydrogen-bond donors (Lipinski definition) is 2. The van der Waals surface area contributed by atoms with E-state index in [4.69, 9.17) is 9.84 Å². The summed E-state index contributed by atoms with van der Waals surface area (Å²) in [5.41, 5.74) is -0.553. The van der Waals surface area contributed by atoms with E-state index >= 15 is 0 Å². The third kappa shape index (κ3) is 4.25. The van der Waals surface area contributed by atoms with Gasteiger partial charge in [0.1, 0.15) is 6.10 Å². The minimum atomic E-state index is -1.01. The highest BCUT2D eigenvalue weighted by molar-refractivity contribution is 5.95. The number of fused-ring (bicyclic) bond motifs is 7. The Kier molecular flexibility index (Phi) is 6.95. The fourth-order valence-electron chi connectivity index (χ4n) is 11.0. The van der Waals surface area contributed by atoms with E-state index in [2.05, 4.69) is 41.5 Å². The lowest BCUT2D eigenvalue weighted by atomic mass is 9.33. The lowest BCUT2D eigenvalue weighted by Gasteiger charge is -2.70. The zero-order chi connectivity index (χ0) is 30.4.